The molecule has 1 aromatic carbocycles. The van der Waals surface area contributed by atoms with Crippen molar-refractivity contribution in [3.63, 3.8) is 0 Å². The maximum Gasteiger partial charge on any atom is 0.222 e. The molecule has 1 rings (SSSR count). The van der Waals surface area contributed by atoms with Crippen LogP contribution >= 0.6 is 0 Å². The predicted molar refractivity (Wildman–Crippen MR) is 66.3 cm³/mol. The van der Waals surface area contributed by atoms with Crippen LogP contribution in [0.5, 0.6) is 11.5 Å². The number of nitrogens with one attached hydrogen (secondary N) is 1. The van der Waals surface area contributed by atoms with Crippen LogP contribution in [-0.2, 0) is 4.79 Å². The van der Waals surface area contributed by atoms with Crippen molar-refractivity contribution in [2.75, 3.05) is 20.3 Å². The normalized spacial score (nSPS) is 10.1. The molecule has 0 aliphatic rings. The smallest absolute Gasteiger partial charge is 0.222 e. The van der Waals surface area contributed by atoms with Crippen molar-refractivity contribution >= 4 is 5.91 Å². The lowest BCUT2D eigenvalue weighted by Crippen LogP contribution is -2.31. The molecule has 1 amide bonds. The molecule has 1 N–H and O–H groups in total. The summed E-state index contributed by atoms with van der Waals surface area (Å²) in [4.78, 5) is 11.3. The molecule has 4 nitrogen and oxygen atoms in total. The molecule has 0 saturated heterocycles. The minimum absolute atomic E-state index is 0.00631. The van der Waals surface area contributed by atoms with Gasteiger partial charge >= 0.3 is 0 Å². The zero-order valence-corrected chi connectivity index (χ0v) is 10.5. The lowest BCUT2D eigenvalue weighted by molar-refractivity contribution is -0.124. The zero-order valence-electron chi connectivity index (χ0n) is 10.5. The maximum absolute atomic E-state index is 11.3. The summed E-state index contributed by atoms with van der Waals surface area (Å²) in [5.41, 5.74) is 0. The summed E-state index contributed by atoms with van der Waals surface area (Å²) in [6.45, 7) is 4.68. The number of ether oxygens (including phenoxy) is 2. The molecule has 0 atom stereocenters. The topological polar surface area (TPSA) is 47.6 Å². The highest BCUT2D eigenvalue weighted by Crippen LogP contribution is 2.18. The van der Waals surface area contributed by atoms with Crippen LogP contribution in [0.3, 0.4) is 0 Å². The second kappa shape index (κ2) is 6.78. The van der Waals surface area contributed by atoms with Crippen LogP contribution in [0.25, 0.3) is 0 Å². The Hall–Kier alpha value is -1.71. The average Bonchev–Trinajstić information content (AvgIpc) is 2.34. The SMILES string of the molecule is COc1cccc(OCCNC(=O)C(C)C)c1. The molecule has 0 saturated carbocycles. The van der Waals surface area contributed by atoms with Gasteiger partial charge in [-0.15, -0.1) is 0 Å². The molecule has 0 spiro atoms. The first-order valence-corrected chi connectivity index (χ1v) is 5.68. The van der Waals surface area contributed by atoms with Crippen molar-refractivity contribution < 1.29 is 14.3 Å². The minimum atomic E-state index is 0.00631. The molecule has 0 unspecified atom stereocenters. The number of benzene rings is 1. The number of carbonyl (C=O) groups excluding carboxylic acids is 1. The third-order valence-corrected chi connectivity index (χ3v) is 2.24. The number of rotatable bonds is 6. The highest BCUT2D eigenvalue weighted by Gasteiger charge is 2.05. The molecule has 0 aliphatic carbocycles. The van der Waals surface area contributed by atoms with Crippen molar-refractivity contribution in [3.8, 4) is 11.5 Å². The van der Waals surface area contributed by atoms with Crippen LogP contribution in [-0.4, -0.2) is 26.2 Å². The van der Waals surface area contributed by atoms with Crippen molar-refractivity contribution in [1.29, 1.82) is 0 Å². The Morgan fingerprint density at radius 3 is 2.71 bits per heavy atom. The van der Waals surface area contributed by atoms with E-state index in [2.05, 4.69) is 5.32 Å². The number of carbonyl (C=O) groups is 1. The zero-order chi connectivity index (χ0) is 12.7. The van der Waals surface area contributed by atoms with E-state index in [0.717, 1.165) is 11.5 Å². The van der Waals surface area contributed by atoms with Gasteiger partial charge in [0, 0.05) is 12.0 Å². The number of methoxy groups -OCH3 is 1. The maximum atomic E-state index is 11.3. The van der Waals surface area contributed by atoms with E-state index in [1.54, 1.807) is 7.11 Å². The van der Waals surface area contributed by atoms with Gasteiger partial charge in [-0.1, -0.05) is 19.9 Å². The summed E-state index contributed by atoms with van der Waals surface area (Å²) in [5.74, 6) is 1.54. The van der Waals surface area contributed by atoms with Crippen LogP contribution < -0.4 is 14.8 Å². The Kier molecular flexibility index (Phi) is 5.33. The van der Waals surface area contributed by atoms with Gasteiger partial charge in [-0.2, -0.15) is 0 Å². The molecule has 0 aromatic heterocycles. The first kappa shape index (κ1) is 13.4. The minimum Gasteiger partial charge on any atom is -0.497 e. The number of hydrogen-bond donors (Lipinski definition) is 1. The Morgan fingerprint density at radius 1 is 1.35 bits per heavy atom. The van der Waals surface area contributed by atoms with E-state index in [9.17, 15) is 4.79 Å². The molecule has 0 aliphatic heterocycles. The molecular formula is C13H19NO3. The second-order valence-corrected chi connectivity index (χ2v) is 3.97. The van der Waals surface area contributed by atoms with Crippen LogP contribution in [0.15, 0.2) is 24.3 Å². The van der Waals surface area contributed by atoms with Gasteiger partial charge < -0.3 is 14.8 Å². The summed E-state index contributed by atoms with van der Waals surface area (Å²) in [6, 6.07) is 7.38. The fourth-order valence-electron chi connectivity index (χ4n) is 1.24. The first-order valence-electron chi connectivity index (χ1n) is 5.68. The van der Waals surface area contributed by atoms with E-state index < -0.39 is 0 Å². The first-order chi connectivity index (χ1) is 8.13. The van der Waals surface area contributed by atoms with Crippen LogP contribution in [0.1, 0.15) is 13.8 Å². The van der Waals surface area contributed by atoms with Crippen LogP contribution in [0, 0.1) is 5.92 Å². The average molecular weight is 237 g/mol. The number of amides is 1. The number of hydrogen-bond acceptors (Lipinski definition) is 3. The van der Waals surface area contributed by atoms with Crippen molar-refractivity contribution in [2.45, 2.75) is 13.8 Å². The van der Waals surface area contributed by atoms with E-state index >= 15 is 0 Å². The molecular weight excluding hydrogens is 218 g/mol. The second-order valence-electron chi connectivity index (χ2n) is 3.97. The summed E-state index contributed by atoms with van der Waals surface area (Å²) in [5, 5.41) is 2.79. The van der Waals surface area contributed by atoms with E-state index in [0.29, 0.717) is 13.2 Å². The fraction of sp³-hybridized carbons (Fsp3) is 0.462. The van der Waals surface area contributed by atoms with Gasteiger partial charge in [-0.3, -0.25) is 4.79 Å². The van der Waals surface area contributed by atoms with Crippen molar-refractivity contribution in [1.82, 2.24) is 5.32 Å². The third kappa shape index (κ3) is 4.76. The fourth-order valence-corrected chi connectivity index (χ4v) is 1.24. The van der Waals surface area contributed by atoms with E-state index in [1.807, 2.05) is 38.1 Å². The van der Waals surface area contributed by atoms with E-state index in [4.69, 9.17) is 9.47 Å². The van der Waals surface area contributed by atoms with Gasteiger partial charge in [0.15, 0.2) is 0 Å². The van der Waals surface area contributed by atoms with Crippen LogP contribution in [0.4, 0.5) is 0 Å². The Morgan fingerprint density at radius 2 is 2.06 bits per heavy atom. The van der Waals surface area contributed by atoms with Gasteiger partial charge in [0.1, 0.15) is 18.1 Å². The monoisotopic (exact) mass is 237 g/mol. The van der Waals surface area contributed by atoms with Crippen molar-refractivity contribution in [3.05, 3.63) is 24.3 Å². The highest BCUT2D eigenvalue weighted by atomic mass is 16.5. The third-order valence-electron chi connectivity index (χ3n) is 2.24. The van der Waals surface area contributed by atoms with E-state index in [1.165, 1.54) is 0 Å². The molecule has 17 heavy (non-hydrogen) atoms. The molecule has 0 heterocycles. The standard InChI is InChI=1S/C13H19NO3/c1-10(2)13(15)14-7-8-17-12-6-4-5-11(9-12)16-3/h4-6,9-10H,7-8H2,1-3H3,(H,14,15). The summed E-state index contributed by atoms with van der Waals surface area (Å²) in [6.07, 6.45) is 0. The molecule has 0 radical (unpaired) electrons. The Bertz CT molecular complexity index is 363. The highest BCUT2D eigenvalue weighted by molar-refractivity contribution is 5.77. The van der Waals surface area contributed by atoms with Crippen molar-refractivity contribution in [2.24, 2.45) is 5.92 Å². The Balaban J connectivity index is 2.28. The summed E-state index contributed by atoms with van der Waals surface area (Å²) in [7, 11) is 1.61. The Labute approximate surface area is 102 Å². The lowest BCUT2D eigenvalue weighted by atomic mass is 10.2. The van der Waals surface area contributed by atoms with Crippen LogP contribution in [0.2, 0.25) is 0 Å². The molecule has 0 bridgehead atoms. The summed E-state index contributed by atoms with van der Waals surface area (Å²) >= 11 is 0. The quantitative estimate of drug-likeness (QED) is 0.768. The largest absolute Gasteiger partial charge is 0.497 e. The summed E-state index contributed by atoms with van der Waals surface area (Å²) < 4.78 is 10.6. The van der Waals surface area contributed by atoms with Gasteiger partial charge in [-0.05, 0) is 12.1 Å². The van der Waals surface area contributed by atoms with Gasteiger partial charge in [0.05, 0.1) is 13.7 Å². The van der Waals surface area contributed by atoms with Gasteiger partial charge in [0.25, 0.3) is 0 Å². The lowest BCUT2D eigenvalue weighted by Gasteiger charge is -2.09. The van der Waals surface area contributed by atoms with Gasteiger partial charge in [-0.25, -0.2) is 0 Å². The van der Waals surface area contributed by atoms with Gasteiger partial charge in [0.2, 0.25) is 5.91 Å². The predicted octanol–water partition coefficient (Wildman–Crippen LogP) is 1.85. The molecule has 4 heteroatoms. The molecule has 0 fully saturated rings. The van der Waals surface area contributed by atoms with E-state index in [-0.39, 0.29) is 11.8 Å². The molecule has 1 aromatic rings. The molecule has 94 valence electrons.